The van der Waals surface area contributed by atoms with Crippen molar-refractivity contribution in [3.05, 3.63) is 0 Å². The third kappa shape index (κ3) is 3.66. The Labute approximate surface area is 86.0 Å². The van der Waals surface area contributed by atoms with Crippen molar-refractivity contribution in [2.24, 2.45) is 5.73 Å². The molecule has 1 fully saturated rings. The van der Waals surface area contributed by atoms with E-state index in [1.54, 1.807) is 0 Å². The number of carbonyl (C=O) groups excluding carboxylic acids is 1. The molecule has 0 aromatic carbocycles. The Hall–Kier alpha value is -0.570. The minimum absolute atomic E-state index is 0.127. The molecular weight excluding hydrogens is 178 g/mol. The van der Waals surface area contributed by atoms with Crippen molar-refractivity contribution in [1.29, 1.82) is 0 Å². The molecule has 1 aliphatic rings. The molecule has 2 N–H and O–H groups in total. The maximum Gasteiger partial charge on any atom is 0.323 e. The van der Waals surface area contributed by atoms with E-state index in [-0.39, 0.29) is 12.1 Å². The van der Waals surface area contributed by atoms with Crippen molar-refractivity contribution in [3.8, 4) is 0 Å². The van der Waals surface area contributed by atoms with E-state index in [0.29, 0.717) is 6.42 Å². The van der Waals surface area contributed by atoms with Gasteiger partial charge in [-0.2, -0.15) is 0 Å². The number of nitrogens with two attached hydrogens (primary N) is 1. The van der Waals surface area contributed by atoms with Crippen LogP contribution in [0.3, 0.4) is 0 Å². The summed E-state index contributed by atoms with van der Waals surface area (Å²) in [5, 5.41) is 0. The molecule has 0 radical (unpaired) electrons. The van der Waals surface area contributed by atoms with Crippen molar-refractivity contribution >= 4 is 5.97 Å². The van der Waals surface area contributed by atoms with Gasteiger partial charge in [0.15, 0.2) is 0 Å². The Kier molecular flexibility index (Phi) is 4.94. The molecule has 3 heteroatoms. The second-order valence-electron chi connectivity index (χ2n) is 4.07. The molecule has 0 amide bonds. The zero-order valence-electron chi connectivity index (χ0n) is 9.00. The van der Waals surface area contributed by atoms with Gasteiger partial charge in [-0.1, -0.05) is 19.8 Å². The lowest BCUT2D eigenvalue weighted by Gasteiger charge is -2.17. The van der Waals surface area contributed by atoms with Gasteiger partial charge in [0, 0.05) is 0 Å². The number of ether oxygens (including phenoxy) is 1. The molecule has 82 valence electrons. The maximum atomic E-state index is 11.4. The van der Waals surface area contributed by atoms with Gasteiger partial charge in [0.25, 0.3) is 0 Å². The number of hydrogen-bond acceptors (Lipinski definition) is 3. The molecule has 1 atom stereocenters. The number of esters is 1. The molecule has 1 saturated carbocycles. The molecule has 0 spiro atoms. The molecule has 0 aromatic rings. The Bertz CT molecular complexity index is 174. The van der Waals surface area contributed by atoms with E-state index in [2.05, 4.69) is 0 Å². The summed E-state index contributed by atoms with van der Waals surface area (Å²) in [6.45, 7) is 1.90. The predicted molar refractivity (Wildman–Crippen MR) is 55.8 cm³/mol. The van der Waals surface area contributed by atoms with Crippen LogP contribution in [0.1, 0.15) is 51.9 Å². The molecule has 1 aliphatic carbocycles. The smallest absolute Gasteiger partial charge is 0.323 e. The average molecular weight is 199 g/mol. The van der Waals surface area contributed by atoms with E-state index >= 15 is 0 Å². The van der Waals surface area contributed by atoms with Crippen LogP contribution in [-0.2, 0) is 9.53 Å². The molecule has 1 unspecified atom stereocenters. The molecular formula is C11H21NO2. The summed E-state index contributed by atoms with van der Waals surface area (Å²) in [5.74, 6) is -0.223. The van der Waals surface area contributed by atoms with Crippen LogP contribution in [-0.4, -0.2) is 18.1 Å². The molecule has 0 aromatic heterocycles. The highest BCUT2D eigenvalue weighted by Crippen LogP contribution is 2.20. The molecule has 0 heterocycles. The van der Waals surface area contributed by atoms with E-state index in [9.17, 15) is 4.79 Å². The number of hydrogen-bond donors (Lipinski definition) is 1. The molecule has 0 aliphatic heterocycles. The van der Waals surface area contributed by atoms with E-state index in [0.717, 1.165) is 12.8 Å². The normalized spacial score (nSPS) is 21.3. The summed E-state index contributed by atoms with van der Waals surface area (Å²) in [6, 6.07) is -0.432. The van der Waals surface area contributed by atoms with E-state index in [1.807, 2.05) is 6.92 Å². The summed E-state index contributed by atoms with van der Waals surface area (Å²) >= 11 is 0. The van der Waals surface area contributed by atoms with Crippen LogP contribution < -0.4 is 5.73 Å². The van der Waals surface area contributed by atoms with E-state index < -0.39 is 6.04 Å². The van der Waals surface area contributed by atoms with Crippen LogP contribution in [0.2, 0.25) is 0 Å². The number of rotatable bonds is 3. The maximum absolute atomic E-state index is 11.4. The Balaban J connectivity index is 2.30. The monoisotopic (exact) mass is 199 g/mol. The quantitative estimate of drug-likeness (QED) is 0.558. The SMILES string of the molecule is CCC(N)C(=O)OC1CCCCCC1. The minimum atomic E-state index is -0.432. The minimum Gasteiger partial charge on any atom is -0.461 e. The summed E-state index contributed by atoms with van der Waals surface area (Å²) in [6.07, 6.45) is 7.72. The lowest BCUT2D eigenvalue weighted by Crippen LogP contribution is -2.34. The van der Waals surface area contributed by atoms with Crippen LogP contribution in [0, 0.1) is 0 Å². The van der Waals surface area contributed by atoms with Crippen molar-refractivity contribution in [2.75, 3.05) is 0 Å². The molecule has 0 bridgehead atoms. The highest BCUT2D eigenvalue weighted by atomic mass is 16.5. The van der Waals surface area contributed by atoms with Gasteiger partial charge in [0.2, 0.25) is 0 Å². The first-order valence-electron chi connectivity index (χ1n) is 5.70. The Morgan fingerprint density at radius 3 is 2.43 bits per heavy atom. The van der Waals surface area contributed by atoms with E-state index in [4.69, 9.17) is 10.5 Å². The van der Waals surface area contributed by atoms with Gasteiger partial charge in [0.1, 0.15) is 12.1 Å². The standard InChI is InChI=1S/C11H21NO2/c1-2-10(12)11(13)14-9-7-5-3-4-6-8-9/h9-10H,2-8,12H2,1H3. The summed E-state index contributed by atoms with van der Waals surface area (Å²) in [4.78, 5) is 11.4. The van der Waals surface area contributed by atoms with Gasteiger partial charge < -0.3 is 10.5 Å². The van der Waals surface area contributed by atoms with Crippen molar-refractivity contribution in [1.82, 2.24) is 0 Å². The molecule has 0 saturated heterocycles. The van der Waals surface area contributed by atoms with Gasteiger partial charge in [-0.15, -0.1) is 0 Å². The summed E-state index contributed by atoms with van der Waals surface area (Å²) in [5.41, 5.74) is 5.60. The van der Waals surface area contributed by atoms with Gasteiger partial charge >= 0.3 is 5.97 Å². The van der Waals surface area contributed by atoms with Crippen LogP contribution in [0.25, 0.3) is 0 Å². The van der Waals surface area contributed by atoms with Crippen molar-refractivity contribution in [2.45, 2.75) is 64.0 Å². The fraction of sp³-hybridized carbons (Fsp3) is 0.909. The van der Waals surface area contributed by atoms with Crippen molar-refractivity contribution in [3.63, 3.8) is 0 Å². The molecule has 3 nitrogen and oxygen atoms in total. The second-order valence-corrected chi connectivity index (χ2v) is 4.07. The van der Waals surface area contributed by atoms with Crippen LogP contribution in [0.5, 0.6) is 0 Å². The first-order chi connectivity index (χ1) is 6.74. The largest absolute Gasteiger partial charge is 0.461 e. The highest BCUT2D eigenvalue weighted by molar-refractivity contribution is 5.75. The van der Waals surface area contributed by atoms with Gasteiger partial charge in [0.05, 0.1) is 0 Å². The Morgan fingerprint density at radius 1 is 1.36 bits per heavy atom. The van der Waals surface area contributed by atoms with Crippen LogP contribution >= 0.6 is 0 Å². The third-order valence-corrected chi connectivity index (χ3v) is 2.83. The first-order valence-corrected chi connectivity index (χ1v) is 5.70. The fourth-order valence-electron chi connectivity index (χ4n) is 1.78. The fourth-order valence-corrected chi connectivity index (χ4v) is 1.78. The van der Waals surface area contributed by atoms with Crippen LogP contribution in [0.4, 0.5) is 0 Å². The summed E-state index contributed by atoms with van der Waals surface area (Å²) in [7, 11) is 0. The molecule has 1 rings (SSSR count). The lowest BCUT2D eigenvalue weighted by molar-refractivity contribution is -0.151. The third-order valence-electron chi connectivity index (χ3n) is 2.83. The summed E-state index contributed by atoms with van der Waals surface area (Å²) < 4.78 is 5.36. The van der Waals surface area contributed by atoms with Crippen molar-refractivity contribution < 1.29 is 9.53 Å². The molecule has 14 heavy (non-hydrogen) atoms. The average Bonchev–Trinajstić information content (AvgIpc) is 2.45. The zero-order chi connectivity index (χ0) is 10.4. The van der Waals surface area contributed by atoms with Crippen LogP contribution in [0.15, 0.2) is 0 Å². The second kappa shape index (κ2) is 6.02. The lowest BCUT2D eigenvalue weighted by atomic mass is 10.1. The van der Waals surface area contributed by atoms with Gasteiger partial charge in [-0.3, -0.25) is 4.79 Å². The first kappa shape index (κ1) is 11.5. The number of carbonyl (C=O) groups is 1. The topological polar surface area (TPSA) is 52.3 Å². The van der Waals surface area contributed by atoms with Gasteiger partial charge in [-0.05, 0) is 32.1 Å². The Morgan fingerprint density at radius 2 is 1.93 bits per heavy atom. The highest BCUT2D eigenvalue weighted by Gasteiger charge is 2.19. The van der Waals surface area contributed by atoms with Gasteiger partial charge in [-0.25, -0.2) is 0 Å². The van der Waals surface area contributed by atoms with E-state index in [1.165, 1.54) is 25.7 Å². The predicted octanol–water partition coefficient (Wildman–Crippen LogP) is 1.99. The zero-order valence-corrected chi connectivity index (χ0v) is 9.00.